The topological polar surface area (TPSA) is 50.9 Å². The van der Waals surface area contributed by atoms with Crippen molar-refractivity contribution < 1.29 is 4.39 Å². The van der Waals surface area contributed by atoms with Gasteiger partial charge in [0.05, 0.1) is 11.1 Å². The van der Waals surface area contributed by atoms with Crippen LogP contribution >= 0.6 is 11.6 Å². The Labute approximate surface area is 110 Å². The van der Waals surface area contributed by atoms with Gasteiger partial charge in [0.25, 0.3) is 0 Å². The van der Waals surface area contributed by atoms with Crippen molar-refractivity contribution in [2.24, 2.45) is 5.84 Å². The fraction of sp³-hybridized carbons (Fsp3) is 0.154. The number of halogens is 2. The monoisotopic (exact) mass is 265 g/mol. The number of benzene rings is 1. The zero-order valence-corrected chi connectivity index (χ0v) is 10.4. The molecule has 2 rings (SSSR count). The molecular weight excluding hydrogens is 253 g/mol. The molecule has 0 aliphatic rings. The van der Waals surface area contributed by atoms with Crippen LogP contribution in [0.1, 0.15) is 17.2 Å². The zero-order chi connectivity index (χ0) is 13.0. The lowest BCUT2D eigenvalue weighted by Gasteiger charge is -2.17. The Kier molecular flexibility index (Phi) is 4.25. The third-order valence-corrected chi connectivity index (χ3v) is 3.05. The predicted octanol–water partition coefficient (Wildman–Crippen LogP) is 2.62. The summed E-state index contributed by atoms with van der Waals surface area (Å²) in [7, 11) is 0. The molecule has 0 bridgehead atoms. The van der Waals surface area contributed by atoms with Gasteiger partial charge in [0.2, 0.25) is 0 Å². The largest absolute Gasteiger partial charge is 0.271 e. The van der Waals surface area contributed by atoms with Crippen LogP contribution < -0.4 is 11.3 Å². The van der Waals surface area contributed by atoms with Crippen molar-refractivity contribution in [2.45, 2.75) is 12.5 Å². The van der Waals surface area contributed by atoms with Gasteiger partial charge < -0.3 is 0 Å². The first-order valence-electron chi connectivity index (χ1n) is 5.50. The van der Waals surface area contributed by atoms with Gasteiger partial charge in [-0.15, -0.1) is 0 Å². The van der Waals surface area contributed by atoms with Crippen molar-refractivity contribution in [1.29, 1.82) is 0 Å². The molecule has 5 heteroatoms. The van der Waals surface area contributed by atoms with Crippen LogP contribution in [-0.4, -0.2) is 4.98 Å². The first-order chi connectivity index (χ1) is 8.70. The first kappa shape index (κ1) is 13.0. The Hall–Kier alpha value is -1.49. The normalized spacial score (nSPS) is 12.4. The van der Waals surface area contributed by atoms with Crippen molar-refractivity contribution >= 4 is 11.6 Å². The van der Waals surface area contributed by atoms with Gasteiger partial charge in [0, 0.05) is 12.4 Å². The minimum absolute atomic E-state index is 0.133. The molecule has 1 atom stereocenters. The summed E-state index contributed by atoms with van der Waals surface area (Å²) in [5.74, 6) is 5.30. The van der Waals surface area contributed by atoms with Gasteiger partial charge in [-0.25, -0.2) is 4.39 Å². The number of pyridine rings is 1. The molecule has 0 saturated carbocycles. The summed E-state index contributed by atoms with van der Waals surface area (Å²) in [6.07, 6.45) is 3.86. The number of hydrazine groups is 1. The lowest BCUT2D eigenvalue weighted by atomic mass is 10.0. The van der Waals surface area contributed by atoms with Gasteiger partial charge in [0.15, 0.2) is 0 Å². The molecule has 0 spiro atoms. The summed E-state index contributed by atoms with van der Waals surface area (Å²) in [5, 5.41) is 0.558. The van der Waals surface area contributed by atoms with Crippen LogP contribution in [0.2, 0.25) is 5.02 Å². The molecule has 1 aromatic heterocycles. The molecule has 1 unspecified atom stereocenters. The summed E-state index contributed by atoms with van der Waals surface area (Å²) < 4.78 is 12.8. The molecule has 0 radical (unpaired) electrons. The molecule has 0 fully saturated rings. The lowest BCUT2D eigenvalue weighted by Crippen LogP contribution is -2.29. The van der Waals surface area contributed by atoms with Crippen LogP contribution in [0.3, 0.4) is 0 Å². The molecule has 1 heterocycles. The number of hydrogen-bond donors (Lipinski definition) is 2. The molecule has 0 amide bonds. The highest BCUT2D eigenvalue weighted by molar-refractivity contribution is 6.31. The number of nitrogens with zero attached hydrogens (tertiary/aromatic N) is 1. The van der Waals surface area contributed by atoms with Crippen LogP contribution in [0.15, 0.2) is 42.7 Å². The van der Waals surface area contributed by atoms with Crippen LogP contribution in [-0.2, 0) is 6.42 Å². The molecule has 3 N–H and O–H groups in total. The molecule has 0 aliphatic heterocycles. The fourth-order valence-corrected chi connectivity index (χ4v) is 2.03. The molecule has 0 saturated heterocycles. The van der Waals surface area contributed by atoms with E-state index in [1.807, 2.05) is 6.07 Å². The minimum Gasteiger partial charge on any atom is -0.271 e. The lowest BCUT2D eigenvalue weighted by molar-refractivity contribution is 0.550. The third-order valence-electron chi connectivity index (χ3n) is 2.73. The molecule has 3 nitrogen and oxygen atoms in total. The summed E-state index contributed by atoms with van der Waals surface area (Å²) in [5.41, 5.74) is 4.57. The highest BCUT2D eigenvalue weighted by Crippen LogP contribution is 2.24. The molecule has 2 aromatic rings. The Morgan fingerprint density at radius 1 is 1.28 bits per heavy atom. The van der Waals surface area contributed by atoms with Crippen LogP contribution in [0.4, 0.5) is 4.39 Å². The Morgan fingerprint density at radius 2 is 2.00 bits per heavy atom. The maximum atomic E-state index is 12.8. The van der Waals surface area contributed by atoms with Gasteiger partial charge in [0.1, 0.15) is 5.82 Å². The van der Waals surface area contributed by atoms with Crippen molar-refractivity contribution in [1.82, 2.24) is 10.4 Å². The van der Waals surface area contributed by atoms with E-state index < -0.39 is 0 Å². The van der Waals surface area contributed by atoms with Gasteiger partial charge in [-0.2, -0.15) is 0 Å². The highest BCUT2D eigenvalue weighted by Gasteiger charge is 2.13. The quantitative estimate of drug-likeness (QED) is 0.660. The maximum absolute atomic E-state index is 12.8. The number of hydrogen-bond acceptors (Lipinski definition) is 3. The maximum Gasteiger partial charge on any atom is 0.123 e. The molecule has 1 aromatic carbocycles. The number of rotatable bonds is 4. The summed E-state index contributed by atoms with van der Waals surface area (Å²) in [6.45, 7) is 0. The van der Waals surface area contributed by atoms with Crippen LogP contribution in [0.25, 0.3) is 0 Å². The highest BCUT2D eigenvalue weighted by atomic mass is 35.5. The first-order valence-corrected chi connectivity index (χ1v) is 5.88. The Bertz CT molecular complexity index is 516. The average molecular weight is 266 g/mol. The van der Waals surface area contributed by atoms with Crippen molar-refractivity contribution in [3.8, 4) is 0 Å². The number of nitrogens with two attached hydrogens (primary N) is 1. The van der Waals surface area contributed by atoms with Gasteiger partial charge in [-0.3, -0.25) is 16.3 Å². The van der Waals surface area contributed by atoms with Gasteiger partial charge >= 0.3 is 0 Å². The number of aromatic nitrogens is 1. The SMILES string of the molecule is NNC(Cc1ccc(F)cc1)c1ccncc1Cl. The number of nitrogens with one attached hydrogen (secondary N) is 1. The van der Waals surface area contributed by atoms with E-state index >= 15 is 0 Å². The van der Waals surface area contributed by atoms with E-state index in [-0.39, 0.29) is 11.9 Å². The van der Waals surface area contributed by atoms with E-state index in [0.29, 0.717) is 11.4 Å². The van der Waals surface area contributed by atoms with E-state index in [1.165, 1.54) is 12.1 Å². The standard InChI is InChI=1S/C13H13ClFN3/c14-12-8-17-6-5-11(12)13(18-16)7-9-1-3-10(15)4-2-9/h1-6,8,13,18H,7,16H2. The third kappa shape index (κ3) is 3.04. The second-order valence-corrected chi connectivity index (χ2v) is 4.35. The van der Waals surface area contributed by atoms with E-state index in [4.69, 9.17) is 17.4 Å². The fourth-order valence-electron chi connectivity index (χ4n) is 1.78. The minimum atomic E-state index is -0.252. The average Bonchev–Trinajstić information content (AvgIpc) is 2.39. The second-order valence-electron chi connectivity index (χ2n) is 3.95. The second kappa shape index (κ2) is 5.91. The van der Waals surface area contributed by atoms with Crippen LogP contribution in [0.5, 0.6) is 0 Å². The smallest absolute Gasteiger partial charge is 0.123 e. The van der Waals surface area contributed by atoms with Crippen molar-refractivity contribution in [3.05, 3.63) is 64.7 Å². The van der Waals surface area contributed by atoms with Gasteiger partial charge in [-0.1, -0.05) is 23.7 Å². The molecule has 0 aliphatic carbocycles. The van der Waals surface area contributed by atoms with Gasteiger partial charge in [-0.05, 0) is 35.7 Å². The molecule has 18 heavy (non-hydrogen) atoms. The van der Waals surface area contributed by atoms with E-state index in [2.05, 4.69) is 10.4 Å². The van der Waals surface area contributed by atoms with E-state index in [1.54, 1.807) is 24.5 Å². The van der Waals surface area contributed by atoms with Crippen molar-refractivity contribution in [2.75, 3.05) is 0 Å². The zero-order valence-electron chi connectivity index (χ0n) is 9.61. The Balaban J connectivity index is 2.20. The summed E-state index contributed by atoms with van der Waals surface area (Å²) in [6, 6.07) is 8.00. The summed E-state index contributed by atoms with van der Waals surface area (Å²) in [4.78, 5) is 3.93. The molecular formula is C13H13ClFN3. The van der Waals surface area contributed by atoms with Crippen molar-refractivity contribution in [3.63, 3.8) is 0 Å². The predicted molar refractivity (Wildman–Crippen MR) is 69.4 cm³/mol. The van der Waals surface area contributed by atoms with E-state index in [0.717, 1.165) is 11.1 Å². The summed E-state index contributed by atoms with van der Waals surface area (Å²) >= 11 is 6.07. The van der Waals surface area contributed by atoms with Crippen LogP contribution in [0, 0.1) is 5.82 Å². The molecule has 94 valence electrons. The Morgan fingerprint density at radius 3 is 2.61 bits per heavy atom. The van der Waals surface area contributed by atoms with E-state index in [9.17, 15) is 4.39 Å².